The third kappa shape index (κ3) is 3.91. The molecule has 2 aromatic heterocycles. The zero-order chi connectivity index (χ0) is 19.5. The normalized spacial score (nSPS) is 10.8. The zero-order valence-corrected chi connectivity index (χ0v) is 15.9. The number of aryl methyl sites for hydroxylation is 1. The lowest BCUT2D eigenvalue weighted by Gasteiger charge is -2.15. The van der Waals surface area contributed by atoms with Crippen molar-refractivity contribution in [2.45, 2.75) is 13.5 Å². The van der Waals surface area contributed by atoms with E-state index in [1.807, 2.05) is 49.4 Å². The van der Waals surface area contributed by atoms with Gasteiger partial charge >= 0.3 is 0 Å². The summed E-state index contributed by atoms with van der Waals surface area (Å²) in [7, 11) is 0. The summed E-state index contributed by atoms with van der Waals surface area (Å²) in [5.74, 6) is 1.25. The summed E-state index contributed by atoms with van der Waals surface area (Å²) in [6.45, 7) is 1.89. The Morgan fingerprint density at radius 1 is 1.04 bits per heavy atom. The number of halogens is 1. The summed E-state index contributed by atoms with van der Waals surface area (Å²) in [5, 5.41) is 14.2. The van der Waals surface area contributed by atoms with Crippen molar-refractivity contribution in [1.82, 2.24) is 9.97 Å². The van der Waals surface area contributed by atoms with Gasteiger partial charge < -0.3 is 15.2 Å². The van der Waals surface area contributed by atoms with Crippen molar-refractivity contribution in [3.8, 4) is 11.5 Å². The number of nitrogens with one attached hydrogen (secondary N) is 1. The van der Waals surface area contributed by atoms with E-state index in [9.17, 15) is 5.11 Å². The molecule has 0 spiro atoms. The Morgan fingerprint density at radius 3 is 2.79 bits per heavy atom. The molecule has 140 valence electrons. The molecule has 28 heavy (non-hydrogen) atoms. The number of aliphatic hydroxyl groups excluding tert-OH is 1. The van der Waals surface area contributed by atoms with Crippen molar-refractivity contribution in [3.63, 3.8) is 0 Å². The third-order valence-electron chi connectivity index (χ3n) is 4.26. The molecule has 0 saturated carbocycles. The van der Waals surface area contributed by atoms with E-state index >= 15 is 0 Å². The molecule has 2 N–H and O–H groups in total. The first-order chi connectivity index (χ1) is 13.6. The third-order valence-corrected chi connectivity index (χ3v) is 4.50. The van der Waals surface area contributed by atoms with Crippen LogP contribution in [0.2, 0.25) is 5.02 Å². The number of anilines is 2. The lowest BCUT2D eigenvalue weighted by Crippen LogP contribution is -1.97. The number of ether oxygens (including phenoxy) is 1. The standard InChI is InChI=1S/C22H18ClN3O2/c1-14-5-7-18-19(9-10-24-22(18)25-14)26-20-12-16(23)6-8-21(20)28-17-4-2-3-15(11-17)13-27/h2-12,27H,13H2,1H3,(H,24,25,26). The van der Waals surface area contributed by atoms with Crippen LogP contribution in [0.25, 0.3) is 11.0 Å². The summed E-state index contributed by atoms with van der Waals surface area (Å²) < 4.78 is 6.05. The Bertz CT molecular complexity index is 1150. The van der Waals surface area contributed by atoms with E-state index in [1.165, 1.54) is 0 Å². The van der Waals surface area contributed by atoms with E-state index in [4.69, 9.17) is 16.3 Å². The molecule has 0 saturated heterocycles. The van der Waals surface area contributed by atoms with Crippen LogP contribution in [-0.2, 0) is 6.61 Å². The van der Waals surface area contributed by atoms with Crippen LogP contribution in [0.4, 0.5) is 11.4 Å². The van der Waals surface area contributed by atoms with Gasteiger partial charge in [-0.05, 0) is 61.0 Å². The van der Waals surface area contributed by atoms with Crippen molar-refractivity contribution in [2.24, 2.45) is 0 Å². The molecule has 0 radical (unpaired) electrons. The van der Waals surface area contributed by atoms with E-state index < -0.39 is 0 Å². The molecule has 0 unspecified atom stereocenters. The summed E-state index contributed by atoms with van der Waals surface area (Å²) in [6.07, 6.45) is 1.72. The van der Waals surface area contributed by atoms with Crippen LogP contribution < -0.4 is 10.1 Å². The van der Waals surface area contributed by atoms with Gasteiger partial charge in [0.15, 0.2) is 11.4 Å². The number of hydrogen-bond donors (Lipinski definition) is 2. The molecule has 0 atom stereocenters. The number of fused-ring (bicyclic) bond motifs is 1. The minimum absolute atomic E-state index is 0.0433. The molecular weight excluding hydrogens is 374 g/mol. The molecule has 2 aromatic carbocycles. The van der Waals surface area contributed by atoms with Gasteiger partial charge in [0, 0.05) is 22.3 Å². The van der Waals surface area contributed by atoms with Crippen LogP contribution in [0, 0.1) is 6.92 Å². The van der Waals surface area contributed by atoms with Crippen LogP contribution in [0.3, 0.4) is 0 Å². The van der Waals surface area contributed by atoms with Gasteiger partial charge in [-0.2, -0.15) is 0 Å². The Morgan fingerprint density at radius 2 is 1.93 bits per heavy atom. The highest BCUT2D eigenvalue weighted by atomic mass is 35.5. The fraction of sp³-hybridized carbons (Fsp3) is 0.0909. The SMILES string of the molecule is Cc1ccc2c(Nc3cc(Cl)ccc3Oc3cccc(CO)c3)ccnc2n1. The fourth-order valence-electron chi connectivity index (χ4n) is 2.90. The monoisotopic (exact) mass is 391 g/mol. The van der Waals surface area contributed by atoms with E-state index in [2.05, 4.69) is 15.3 Å². The maximum atomic E-state index is 9.34. The predicted octanol–water partition coefficient (Wildman–Crippen LogP) is 5.62. The largest absolute Gasteiger partial charge is 0.455 e. The van der Waals surface area contributed by atoms with Crippen LogP contribution >= 0.6 is 11.6 Å². The fourth-order valence-corrected chi connectivity index (χ4v) is 3.07. The Labute approximate surface area is 167 Å². The van der Waals surface area contributed by atoms with Crippen molar-refractivity contribution in [3.05, 3.63) is 83.1 Å². The maximum Gasteiger partial charge on any atom is 0.161 e. The number of pyridine rings is 2. The number of aromatic nitrogens is 2. The smallest absolute Gasteiger partial charge is 0.161 e. The van der Waals surface area contributed by atoms with Crippen molar-refractivity contribution >= 4 is 34.0 Å². The van der Waals surface area contributed by atoms with Gasteiger partial charge in [0.05, 0.1) is 18.0 Å². The summed E-state index contributed by atoms with van der Waals surface area (Å²) in [6, 6.07) is 18.5. The molecule has 4 rings (SSSR count). The maximum absolute atomic E-state index is 9.34. The average molecular weight is 392 g/mol. The summed E-state index contributed by atoms with van der Waals surface area (Å²) >= 11 is 6.22. The summed E-state index contributed by atoms with van der Waals surface area (Å²) in [4.78, 5) is 8.81. The van der Waals surface area contributed by atoms with E-state index in [0.29, 0.717) is 22.2 Å². The van der Waals surface area contributed by atoms with E-state index in [-0.39, 0.29) is 6.61 Å². The number of benzene rings is 2. The molecule has 0 fully saturated rings. The highest BCUT2D eigenvalue weighted by molar-refractivity contribution is 6.31. The quantitative estimate of drug-likeness (QED) is 0.462. The molecule has 0 bridgehead atoms. The topological polar surface area (TPSA) is 67.3 Å². The van der Waals surface area contributed by atoms with Crippen molar-refractivity contribution < 1.29 is 9.84 Å². The highest BCUT2D eigenvalue weighted by Gasteiger charge is 2.10. The molecule has 5 nitrogen and oxygen atoms in total. The van der Waals surface area contributed by atoms with Gasteiger partial charge in [-0.15, -0.1) is 0 Å². The molecule has 2 heterocycles. The molecule has 0 aliphatic heterocycles. The van der Waals surface area contributed by atoms with Crippen LogP contribution in [-0.4, -0.2) is 15.1 Å². The predicted molar refractivity (Wildman–Crippen MR) is 111 cm³/mol. The van der Waals surface area contributed by atoms with Gasteiger partial charge in [-0.25, -0.2) is 9.97 Å². The first-order valence-corrected chi connectivity index (χ1v) is 9.17. The highest BCUT2D eigenvalue weighted by Crippen LogP contribution is 2.35. The Hall–Kier alpha value is -3.15. The number of nitrogens with zero attached hydrogens (tertiary/aromatic N) is 2. The van der Waals surface area contributed by atoms with Gasteiger partial charge in [-0.1, -0.05) is 23.7 Å². The number of aliphatic hydroxyl groups is 1. The second-order valence-corrected chi connectivity index (χ2v) is 6.79. The molecular formula is C22H18ClN3O2. The van der Waals surface area contributed by atoms with Gasteiger partial charge in [0.2, 0.25) is 0 Å². The second kappa shape index (κ2) is 7.84. The van der Waals surface area contributed by atoms with Crippen LogP contribution in [0.1, 0.15) is 11.3 Å². The molecule has 0 aliphatic rings. The lowest BCUT2D eigenvalue weighted by molar-refractivity contribution is 0.281. The lowest BCUT2D eigenvalue weighted by atomic mass is 10.2. The minimum atomic E-state index is -0.0433. The van der Waals surface area contributed by atoms with Gasteiger partial charge in [-0.3, -0.25) is 0 Å². The number of rotatable bonds is 5. The van der Waals surface area contributed by atoms with Crippen LogP contribution in [0.5, 0.6) is 11.5 Å². The van der Waals surface area contributed by atoms with Gasteiger partial charge in [0.1, 0.15) is 5.75 Å². The van der Waals surface area contributed by atoms with Crippen molar-refractivity contribution in [1.29, 1.82) is 0 Å². The molecule has 0 aliphatic carbocycles. The van der Waals surface area contributed by atoms with E-state index in [1.54, 1.807) is 24.4 Å². The second-order valence-electron chi connectivity index (χ2n) is 6.36. The number of hydrogen-bond acceptors (Lipinski definition) is 5. The first-order valence-electron chi connectivity index (χ1n) is 8.79. The Balaban J connectivity index is 1.71. The van der Waals surface area contributed by atoms with Gasteiger partial charge in [0.25, 0.3) is 0 Å². The first kappa shape index (κ1) is 18.2. The minimum Gasteiger partial charge on any atom is -0.455 e. The van der Waals surface area contributed by atoms with E-state index in [0.717, 1.165) is 28.0 Å². The zero-order valence-electron chi connectivity index (χ0n) is 15.2. The average Bonchev–Trinajstić information content (AvgIpc) is 2.70. The van der Waals surface area contributed by atoms with Crippen LogP contribution in [0.15, 0.2) is 66.9 Å². The molecule has 6 heteroatoms. The molecule has 0 amide bonds. The van der Waals surface area contributed by atoms with Crippen molar-refractivity contribution in [2.75, 3.05) is 5.32 Å². The summed E-state index contributed by atoms with van der Waals surface area (Å²) in [5.41, 5.74) is 3.93. The molecule has 4 aromatic rings. The Kier molecular flexibility index (Phi) is 5.10.